The van der Waals surface area contributed by atoms with Gasteiger partial charge in [-0.1, -0.05) is 12.8 Å². The Morgan fingerprint density at radius 1 is 1.06 bits per heavy atom. The van der Waals surface area contributed by atoms with Gasteiger partial charge in [0, 0.05) is 19.6 Å². The summed E-state index contributed by atoms with van der Waals surface area (Å²) in [5.41, 5.74) is -0.444. The molecule has 1 N–H and O–H groups in total. The van der Waals surface area contributed by atoms with Crippen molar-refractivity contribution in [2.75, 3.05) is 19.8 Å². The Bertz CT molecular complexity index is 242. The predicted molar refractivity (Wildman–Crippen MR) is 60.3 cm³/mol. The summed E-state index contributed by atoms with van der Waals surface area (Å²) in [4.78, 5) is 0. The van der Waals surface area contributed by atoms with Gasteiger partial charge in [0.1, 0.15) is 0 Å². The first-order valence-corrected chi connectivity index (χ1v) is 6.67. The summed E-state index contributed by atoms with van der Waals surface area (Å²) in [6.07, 6.45) is 7.84. The first kappa shape index (κ1) is 11.0. The van der Waals surface area contributed by atoms with Crippen molar-refractivity contribution in [3.05, 3.63) is 0 Å². The van der Waals surface area contributed by atoms with E-state index in [2.05, 4.69) is 0 Å². The van der Waals surface area contributed by atoms with Gasteiger partial charge in [0.15, 0.2) is 0 Å². The molecule has 0 aromatic carbocycles. The van der Waals surface area contributed by atoms with E-state index in [0.717, 1.165) is 32.5 Å². The highest BCUT2D eigenvalue weighted by atomic mass is 16.5. The molecular formula is C13H22O3. The maximum Gasteiger partial charge on any atom is 0.0931 e. The van der Waals surface area contributed by atoms with Gasteiger partial charge in [-0.3, -0.25) is 0 Å². The first-order valence-electron chi connectivity index (χ1n) is 6.67. The fourth-order valence-electron chi connectivity index (χ4n) is 3.75. The Hall–Kier alpha value is -0.120. The van der Waals surface area contributed by atoms with E-state index in [1.807, 2.05) is 0 Å². The lowest BCUT2D eigenvalue weighted by Gasteiger charge is -2.43. The zero-order chi connectivity index (χ0) is 11.1. The smallest absolute Gasteiger partial charge is 0.0931 e. The van der Waals surface area contributed by atoms with Crippen LogP contribution in [-0.2, 0) is 9.47 Å². The monoisotopic (exact) mass is 226 g/mol. The van der Waals surface area contributed by atoms with Crippen LogP contribution in [0.25, 0.3) is 0 Å². The minimum Gasteiger partial charge on any atom is -0.387 e. The largest absolute Gasteiger partial charge is 0.387 e. The van der Waals surface area contributed by atoms with E-state index in [9.17, 15) is 5.11 Å². The van der Waals surface area contributed by atoms with Crippen molar-refractivity contribution in [1.82, 2.24) is 0 Å². The molecule has 92 valence electrons. The Morgan fingerprint density at radius 3 is 2.56 bits per heavy atom. The van der Waals surface area contributed by atoms with Crippen molar-refractivity contribution in [3.63, 3.8) is 0 Å². The molecule has 3 nitrogen and oxygen atoms in total. The third-order valence-electron chi connectivity index (χ3n) is 4.80. The molecule has 1 spiro atoms. The number of ether oxygens (including phenoxy) is 2. The number of hydrogen-bond donors (Lipinski definition) is 1. The van der Waals surface area contributed by atoms with Crippen molar-refractivity contribution >= 4 is 0 Å². The molecule has 2 unspecified atom stereocenters. The van der Waals surface area contributed by atoms with Crippen LogP contribution in [0.4, 0.5) is 0 Å². The van der Waals surface area contributed by atoms with Gasteiger partial charge in [0.25, 0.3) is 0 Å². The number of rotatable bonds is 1. The molecule has 3 heteroatoms. The number of aliphatic hydroxyl groups is 1. The van der Waals surface area contributed by atoms with E-state index in [1.165, 1.54) is 25.7 Å². The molecule has 0 bridgehead atoms. The van der Waals surface area contributed by atoms with Crippen LogP contribution < -0.4 is 0 Å². The van der Waals surface area contributed by atoms with Crippen LogP contribution >= 0.6 is 0 Å². The third-order valence-corrected chi connectivity index (χ3v) is 4.80. The molecule has 2 aliphatic heterocycles. The lowest BCUT2D eigenvalue weighted by Crippen LogP contribution is -2.48. The summed E-state index contributed by atoms with van der Waals surface area (Å²) in [7, 11) is 0. The fourth-order valence-corrected chi connectivity index (χ4v) is 3.75. The summed E-state index contributed by atoms with van der Waals surface area (Å²) in [6.45, 7) is 2.08. The quantitative estimate of drug-likeness (QED) is 0.742. The summed E-state index contributed by atoms with van der Waals surface area (Å²) in [6, 6.07) is 0. The predicted octanol–water partition coefficient (Wildman–Crippen LogP) is 1.88. The normalized spacial score (nSPS) is 42.9. The van der Waals surface area contributed by atoms with Gasteiger partial charge in [0.05, 0.1) is 17.8 Å². The Labute approximate surface area is 97.1 Å². The van der Waals surface area contributed by atoms with E-state index in [4.69, 9.17) is 9.47 Å². The molecule has 3 rings (SSSR count). The molecule has 1 aliphatic carbocycles. The lowest BCUT2D eigenvalue weighted by atomic mass is 9.74. The highest BCUT2D eigenvalue weighted by Crippen LogP contribution is 2.46. The van der Waals surface area contributed by atoms with Gasteiger partial charge in [-0.05, 0) is 31.6 Å². The Kier molecular flexibility index (Phi) is 2.73. The molecule has 0 radical (unpaired) electrons. The molecule has 2 atom stereocenters. The van der Waals surface area contributed by atoms with Gasteiger partial charge in [-0.25, -0.2) is 0 Å². The molecule has 1 saturated carbocycles. The second kappa shape index (κ2) is 3.97. The van der Waals surface area contributed by atoms with Crippen molar-refractivity contribution in [3.8, 4) is 0 Å². The number of hydrogen-bond acceptors (Lipinski definition) is 3. The molecular weight excluding hydrogens is 204 g/mol. The van der Waals surface area contributed by atoms with Crippen molar-refractivity contribution in [2.24, 2.45) is 5.92 Å². The average molecular weight is 226 g/mol. The van der Waals surface area contributed by atoms with Crippen LogP contribution in [0, 0.1) is 5.92 Å². The van der Waals surface area contributed by atoms with E-state index in [0.29, 0.717) is 12.5 Å². The van der Waals surface area contributed by atoms with Gasteiger partial charge in [0.2, 0.25) is 0 Å². The molecule has 0 amide bonds. The van der Waals surface area contributed by atoms with Crippen LogP contribution in [0.1, 0.15) is 44.9 Å². The molecule has 2 heterocycles. The van der Waals surface area contributed by atoms with Crippen LogP contribution in [0.15, 0.2) is 0 Å². The van der Waals surface area contributed by atoms with E-state index in [-0.39, 0.29) is 5.60 Å². The zero-order valence-electron chi connectivity index (χ0n) is 9.91. The van der Waals surface area contributed by atoms with Crippen LogP contribution in [0.5, 0.6) is 0 Å². The lowest BCUT2D eigenvalue weighted by molar-refractivity contribution is -0.140. The van der Waals surface area contributed by atoms with E-state index >= 15 is 0 Å². The van der Waals surface area contributed by atoms with Crippen molar-refractivity contribution in [2.45, 2.75) is 56.1 Å². The molecule has 3 aliphatic rings. The second-order valence-corrected chi connectivity index (χ2v) is 5.83. The SMILES string of the molecule is OC1(C2CCOC3(CCCC3)C2)CCOC1. The molecule has 3 fully saturated rings. The summed E-state index contributed by atoms with van der Waals surface area (Å²) in [5, 5.41) is 10.6. The maximum absolute atomic E-state index is 10.6. The first-order chi connectivity index (χ1) is 7.73. The van der Waals surface area contributed by atoms with Crippen LogP contribution in [-0.4, -0.2) is 36.1 Å². The second-order valence-electron chi connectivity index (χ2n) is 5.83. The van der Waals surface area contributed by atoms with Gasteiger partial charge >= 0.3 is 0 Å². The van der Waals surface area contributed by atoms with E-state index in [1.54, 1.807) is 0 Å². The standard InChI is InChI=1S/C13H22O3/c14-13(6-8-15-10-13)11-3-7-16-12(9-11)4-1-2-5-12/h11,14H,1-10H2. The average Bonchev–Trinajstić information content (AvgIpc) is 2.90. The topological polar surface area (TPSA) is 38.7 Å². The summed E-state index contributed by atoms with van der Waals surface area (Å²) >= 11 is 0. The minimum absolute atomic E-state index is 0.112. The molecule has 2 saturated heterocycles. The summed E-state index contributed by atoms with van der Waals surface area (Å²) < 4.78 is 11.4. The Morgan fingerprint density at radius 2 is 1.88 bits per heavy atom. The van der Waals surface area contributed by atoms with Gasteiger partial charge < -0.3 is 14.6 Å². The minimum atomic E-state index is -0.556. The fraction of sp³-hybridized carbons (Fsp3) is 1.00. The van der Waals surface area contributed by atoms with Crippen molar-refractivity contribution < 1.29 is 14.6 Å². The highest BCUT2D eigenvalue weighted by molar-refractivity contribution is 4.99. The Balaban J connectivity index is 1.72. The maximum atomic E-state index is 10.6. The molecule has 0 aromatic heterocycles. The highest BCUT2D eigenvalue weighted by Gasteiger charge is 2.48. The van der Waals surface area contributed by atoms with Gasteiger partial charge in [-0.15, -0.1) is 0 Å². The van der Waals surface area contributed by atoms with Crippen molar-refractivity contribution in [1.29, 1.82) is 0 Å². The van der Waals surface area contributed by atoms with Gasteiger partial charge in [-0.2, -0.15) is 0 Å². The zero-order valence-corrected chi connectivity index (χ0v) is 9.91. The molecule has 0 aromatic rings. The van der Waals surface area contributed by atoms with E-state index < -0.39 is 5.60 Å². The van der Waals surface area contributed by atoms with Crippen LogP contribution in [0.2, 0.25) is 0 Å². The summed E-state index contributed by atoms with van der Waals surface area (Å²) in [5.74, 6) is 0.391. The van der Waals surface area contributed by atoms with Crippen LogP contribution in [0.3, 0.4) is 0 Å². The third kappa shape index (κ3) is 1.79. The molecule has 16 heavy (non-hydrogen) atoms.